The van der Waals surface area contributed by atoms with Crippen molar-refractivity contribution in [3.63, 3.8) is 0 Å². The van der Waals surface area contributed by atoms with Crippen LogP contribution in [0.15, 0.2) is 47.2 Å². The van der Waals surface area contributed by atoms with E-state index in [4.69, 9.17) is 17.3 Å². The zero-order valence-corrected chi connectivity index (χ0v) is 12.6. The zero-order chi connectivity index (χ0) is 14.1. The molecule has 4 nitrogen and oxygen atoms in total. The molecule has 1 aromatic heterocycles. The maximum Gasteiger partial charge on any atom is 0.158 e. The predicted octanol–water partition coefficient (Wildman–Crippen LogP) is 4.37. The van der Waals surface area contributed by atoms with Crippen molar-refractivity contribution in [2.75, 3.05) is 11.1 Å². The minimum absolute atomic E-state index is 0.240. The van der Waals surface area contributed by atoms with E-state index >= 15 is 0 Å². The molecule has 0 saturated carbocycles. The van der Waals surface area contributed by atoms with Gasteiger partial charge in [0.25, 0.3) is 0 Å². The molecule has 6 heteroatoms. The number of hydrogen-bond donors (Lipinski definition) is 2. The predicted molar refractivity (Wildman–Crippen MR) is 86.4 cm³/mol. The van der Waals surface area contributed by atoms with E-state index in [1.54, 1.807) is 0 Å². The third-order valence-corrected chi connectivity index (χ3v) is 3.95. The molecule has 0 aliphatic heterocycles. The second-order valence-corrected chi connectivity index (χ2v) is 5.40. The van der Waals surface area contributed by atoms with Crippen LogP contribution in [0.4, 0.5) is 17.2 Å². The number of anilines is 3. The minimum atomic E-state index is 0.240. The molecule has 2 aromatic carbocycles. The summed E-state index contributed by atoms with van der Waals surface area (Å²) in [6.45, 7) is 0. The summed E-state index contributed by atoms with van der Waals surface area (Å²) in [6, 6.07) is 12.0. The van der Waals surface area contributed by atoms with Gasteiger partial charge in [-0.05, 0) is 17.5 Å². The third-order valence-electron chi connectivity index (χ3n) is 2.96. The van der Waals surface area contributed by atoms with Gasteiger partial charge in [0.15, 0.2) is 11.0 Å². The van der Waals surface area contributed by atoms with Crippen molar-refractivity contribution in [2.24, 2.45) is 0 Å². The van der Waals surface area contributed by atoms with Gasteiger partial charge >= 0.3 is 0 Å². The quantitative estimate of drug-likeness (QED) is 0.674. The summed E-state index contributed by atoms with van der Waals surface area (Å²) < 4.78 is 1.03. The Labute approximate surface area is 129 Å². The van der Waals surface area contributed by atoms with Crippen LogP contribution < -0.4 is 11.1 Å². The minimum Gasteiger partial charge on any atom is -0.393 e. The molecular weight excluding hydrogens is 340 g/mol. The van der Waals surface area contributed by atoms with Crippen LogP contribution in [0.5, 0.6) is 0 Å². The fourth-order valence-corrected chi connectivity index (χ4v) is 2.58. The van der Waals surface area contributed by atoms with E-state index in [0.29, 0.717) is 11.5 Å². The van der Waals surface area contributed by atoms with Gasteiger partial charge in [-0.1, -0.05) is 51.8 Å². The Kier molecular flexibility index (Phi) is 3.46. The smallest absolute Gasteiger partial charge is 0.158 e. The number of nitrogens with one attached hydrogen (secondary N) is 1. The average Bonchev–Trinajstić information content (AvgIpc) is 2.47. The lowest BCUT2D eigenvalue weighted by molar-refractivity contribution is 1.17. The first kappa shape index (κ1) is 13.1. The van der Waals surface area contributed by atoms with Crippen LogP contribution in [0.3, 0.4) is 0 Å². The lowest BCUT2D eigenvalue weighted by atomic mass is 10.1. The molecule has 0 unspecified atom stereocenters. The molecule has 0 amide bonds. The van der Waals surface area contributed by atoms with Crippen molar-refractivity contribution >= 4 is 55.5 Å². The largest absolute Gasteiger partial charge is 0.393 e. The molecule has 0 aliphatic rings. The summed E-state index contributed by atoms with van der Waals surface area (Å²) in [5.74, 6) is 0.498. The molecule has 1 heterocycles. The number of rotatable bonds is 2. The van der Waals surface area contributed by atoms with Gasteiger partial charge in [0.1, 0.15) is 12.0 Å². The number of benzene rings is 2. The summed E-state index contributed by atoms with van der Waals surface area (Å²) in [6.07, 6.45) is 1.38. The second kappa shape index (κ2) is 5.26. The summed E-state index contributed by atoms with van der Waals surface area (Å²) in [5, 5.41) is 5.61. The van der Waals surface area contributed by atoms with Gasteiger partial charge in [-0.15, -0.1) is 0 Å². The van der Waals surface area contributed by atoms with E-state index in [1.807, 2.05) is 36.4 Å². The molecule has 20 heavy (non-hydrogen) atoms. The van der Waals surface area contributed by atoms with Crippen LogP contribution in [0.1, 0.15) is 0 Å². The van der Waals surface area contributed by atoms with Crippen LogP contribution in [-0.2, 0) is 0 Å². The number of fused-ring (bicyclic) bond motifs is 1. The standard InChI is InChI=1S/C14H10BrClN4/c15-10-5-6-11(9-4-2-1-3-8(9)10)20-14-12(17)13(16)18-7-19-14/h1-7H,17H2,(H,18,19,20). The molecule has 0 bridgehead atoms. The Morgan fingerprint density at radius 1 is 1.05 bits per heavy atom. The van der Waals surface area contributed by atoms with Gasteiger partial charge < -0.3 is 11.1 Å². The summed E-state index contributed by atoms with van der Waals surface area (Å²) >= 11 is 9.44. The van der Waals surface area contributed by atoms with Gasteiger partial charge in [-0.25, -0.2) is 9.97 Å². The number of aromatic nitrogens is 2. The van der Waals surface area contributed by atoms with Crippen molar-refractivity contribution in [3.05, 3.63) is 52.4 Å². The van der Waals surface area contributed by atoms with Gasteiger partial charge in [-0.3, -0.25) is 0 Å². The molecule has 3 aromatic rings. The molecule has 100 valence electrons. The van der Waals surface area contributed by atoms with E-state index in [9.17, 15) is 0 Å². The SMILES string of the molecule is Nc1c(Cl)ncnc1Nc1ccc(Br)c2ccccc12. The lowest BCUT2D eigenvalue weighted by Crippen LogP contribution is -2.01. The summed E-state index contributed by atoms with van der Waals surface area (Å²) in [4.78, 5) is 7.96. The molecule has 3 N–H and O–H groups in total. The number of nitrogen functional groups attached to an aromatic ring is 1. The molecule has 0 radical (unpaired) electrons. The molecule has 0 saturated heterocycles. The maximum absolute atomic E-state index is 5.90. The fourth-order valence-electron chi connectivity index (χ4n) is 1.97. The molecule has 3 rings (SSSR count). The molecule has 0 atom stereocenters. The number of halogens is 2. The first-order valence-corrected chi connectivity index (χ1v) is 7.04. The van der Waals surface area contributed by atoms with E-state index in [0.717, 1.165) is 20.9 Å². The summed E-state index contributed by atoms with van der Waals surface area (Å²) in [7, 11) is 0. The summed E-state index contributed by atoms with van der Waals surface area (Å²) in [5.41, 5.74) is 7.12. The van der Waals surface area contributed by atoms with Crippen molar-refractivity contribution in [1.29, 1.82) is 0 Å². The lowest BCUT2D eigenvalue weighted by Gasteiger charge is -2.12. The molecular formula is C14H10BrClN4. The average molecular weight is 350 g/mol. The van der Waals surface area contributed by atoms with Gasteiger partial charge in [0.05, 0.1) is 0 Å². The normalized spacial score (nSPS) is 10.7. The molecule has 0 aliphatic carbocycles. The monoisotopic (exact) mass is 348 g/mol. The number of hydrogen-bond acceptors (Lipinski definition) is 4. The Bertz CT molecular complexity index is 791. The van der Waals surface area contributed by atoms with E-state index in [-0.39, 0.29) is 5.15 Å². The first-order valence-electron chi connectivity index (χ1n) is 5.87. The highest BCUT2D eigenvalue weighted by Gasteiger charge is 2.09. The highest BCUT2D eigenvalue weighted by molar-refractivity contribution is 9.10. The van der Waals surface area contributed by atoms with Crippen molar-refractivity contribution < 1.29 is 0 Å². The Balaban J connectivity index is 2.12. The Morgan fingerprint density at radius 3 is 2.60 bits per heavy atom. The van der Waals surface area contributed by atoms with E-state index in [2.05, 4.69) is 31.2 Å². The maximum atomic E-state index is 5.90. The molecule has 0 spiro atoms. The van der Waals surface area contributed by atoms with Crippen LogP contribution in [-0.4, -0.2) is 9.97 Å². The van der Waals surface area contributed by atoms with Gasteiger partial charge in [-0.2, -0.15) is 0 Å². The van der Waals surface area contributed by atoms with E-state index < -0.39 is 0 Å². The number of nitrogens with zero attached hydrogens (tertiary/aromatic N) is 2. The zero-order valence-electron chi connectivity index (χ0n) is 10.3. The molecule has 0 fully saturated rings. The second-order valence-electron chi connectivity index (χ2n) is 4.19. The van der Waals surface area contributed by atoms with Crippen LogP contribution in [0.25, 0.3) is 10.8 Å². The fraction of sp³-hybridized carbons (Fsp3) is 0. The van der Waals surface area contributed by atoms with Crippen LogP contribution in [0.2, 0.25) is 5.15 Å². The van der Waals surface area contributed by atoms with Crippen molar-refractivity contribution in [1.82, 2.24) is 9.97 Å². The van der Waals surface area contributed by atoms with Gasteiger partial charge in [0.2, 0.25) is 0 Å². The van der Waals surface area contributed by atoms with Crippen molar-refractivity contribution in [2.45, 2.75) is 0 Å². The van der Waals surface area contributed by atoms with Gasteiger partial charge in [0, 0.05) is 15.5 Å². The van der Waals surface area contributed by atoms with Crippen LogP contribution in [0, 0.1) is 0 Å². The first-order chi connectivity index (χ1) is 9.66. The van der Waals surface area contributed by atoms with Crippen molar-refractivity contribution in [3.8, 4) is 0 Å². The van der Waals surface area contributed by atoms with Crippen LogP contribution >= 0.6 is 27.5 Å². The Hall–Kier alpha value is -1.85. The number of nitrogens with two attached hydrogens (primary N) is 1. The topological polar surface area (TPSA) is 63.8 Å². The Morgan fingerprint density at radius 2 is 1.80 bits per heavy atom. The highest BCUT2D eigenvalue weighted by atomic mass is 79.9. The highest BCUT2D eigenvalue weighted by Crippen LogP contribution is 2.33. The third kappa shape index (κ3) is 2.30. The van der Waals surface area contributed by atoms with E-state index in [1.165, 1.54) is 6.33 Å².